The minimum atomic E-state index is -0.470. The second-order valence-electron chi connectivity index (χ2n) is 5.15. The lowest BCUT2D eigenvalue weighted by atomic mass is 9.88. The van der Waals surface area contributed by atoms with Crippen molar-refractivity contribution in [2.24, 2.45) is 5.41 Å². The smallest absolute Gasteiger partial charge is 0.101 e. The van der Waals surface area contributed by atoms with Gasteiger partial charge in [-0.05, 0) is 24.5 Å². The Labute approximate surface area is 107 Å². The first-order valence-electron chi connectivity index (χ1n) is 5.47. The van der Waals surface area contributed by atoms with Crippen molar-refractivity contribution in [3.8, 4) is 0 Å². The number of aliphatic hydroxyl groups excluding tert-OH is 1. The van der Waals surface area contributed by atoms with Crippen LogP contribution in [0.15, 0.2) is 12.1 Å². The Kier molecular flexibility index (Phi) is 4.80. The molecule has 16 heavy (non-hydrogen) atoms. The quantitative estimate of drug-likeness (QED) is 0.870. The molecule has 2 atom stereocenters. The van der Waals surface area contributed by atoms with E-state index < -0.39 is 6.10 Å². The Morgan fingerprint density at radius 1 is 1.44 bits per heavy atom. The average Bonchev–Trinajstić information content (AvgIpc) is 2.59. The van der Waals surface area contributed by atoms with Gasteiger partial charge in [0, 0.05) is 17.5 Å². The van der Waals surface area contributed by atoms with Crippen molar-refractivity contribution < 1.29 is 5.11 Å². The van der Waals surface area contributed by atoms with Crippen LogP contribution in [0.5, 0.6) is 0 Å². The molecule has 0 bridgehead atoms. The largest absolute Gasteiger partial charge is 0.386 e. The molecule has 1 aromatic rings. The fraction of sp³-hybridized carbons (Fsp3) is 0.667. The Balaban J connectivity index is 2.44. The van der Waals surface area contributed by atoms with Gasteiger partial charge in [0.2, 0.25) is 0 Å². The van der Waals surface area contributed by atoms with Crippen molar-refractivity contribution in [2.75, 3.05) is 6.54 Å². The van der Waals surface area contributed by atoms with Gasteiger partial charge >= 0.3 is 0 Å². The zero-order valence-electron chi connectivity index (χ0n) is 10.2. The molecule has 0 spiro atoms. The molecule has 1 heterocycles. The minimum Gasteiger partial charge on any atom is -0.386 e. The number of hydrogen-bond acceptors (Lipinski definition) is 3. The molecule has 0 amide bonds. The van der Waals surface area contributed by atoms with Gasteiger partial charge in [-0.2, -0.15) is 0 Å². The Morgan fingerprint density at radius 3 is 2.50 bits per heavy atom. The summed E-state index contributed by atoms with van der Waals surface area (Å²) >= 11 is 7.26. The first-order chi connectivity index (χ1) is 7.30. The summed E-state index contributed by atoms with van der Waals surface area (Å²) in [4.78, 5) is 0.915. The predicted molar refractivity (Wildman–Crippen MR) is 71.2 cm³/mol. The Bertz CT molecular complexity index is 332. The summed E-state index contributed by atoms with van der Waals surface area (Å²) in [5.41, 5.74) is 0.201. The van der Waals surface area contributed by atoms with E-state index in [1.54, 1.807) is 0 Å². The van der Waals surface area contributed by atoms with Crippen LogP contribution in [0.1, 0.15) is 38.7 Å². The van der Waals surface area contributed by atoms with E-state index in [9.17, 15) is 5.11 Å². The van der Waals surface area contributed by atoms with Crippen molar-refractivity contribution in [1.82, 2.24) is 5.32 Å². The molecular weight excluding hydrogens is 242 g/mol. The molecule has 0 aliphatic heterocycles. The van der Waals surface area contributed by atoms with Crippen molar-refractivity contribution in [3.63, 3.8) is 0 Å². The summed E-state index contributed by atoms with van der Waals surface area (Å²) in [6, 6.07) is 4.05. The van der Waals surface area contributed by atoms with Gasteiger partial charge in [0.25, 0.3) is 0 Å². The standard InChI is InChI=1S/C12H20ClNOS/c1-8(12(2,3)4)14-7-9(15)10-5-6-11(13)16-10/h5-6,8-9,14-15H,7H2,1-4H3. The molecular formula is C12H20ClNOS. The normalized spacial score (nSPS) is 16.1. The number of halogens is 1. The monoisotopic (exact) mass is 261 g/mol. The predicted octanol–water partition coefficient (Wildman–Crippen LogP) is 3.46. The van der Waals surface area contributed by atoms with Crippen LogP contribution < -0.4 is 5.32 Å². The maximum atomic E-state index is 9.94. The molecule has 2 nitrogen and oxygen atoms in total. The molecule has 1 rings (SSSR count). The molecule has 0 aromatic carbocycles. The Morgan fingerprint density at radius 2 is 2.06 bits per heavy atom. The summed E-state index contributed by atoms with van der Waals surface area (Å²) in [6.07, 6.45) is -0.470. The zero-order valence-corrected chi connectivity index (χ0v) is 11.8. The lowest BCUT2D eigenvalue weighted by Gasteiger charge is -2.29. The maximum Gasteiger partial charge on any atom is 0.101 e. The molecule has 0 aliphatic carbocycles. The highest BCUT2D eigenvalue weighted by Gasteiger charge is 2.20. The van der Waals surface area contributed by atoms with Crippen LogP contribution in [-0.4, -0.2) is 17.7 Å². The number of thiophene rings is 1. The zero-order chi connectivity index (χ0) is 12.3. The lowest BCUT2D eigenvalue weighted by molar-refractivity contribution is 0.161. The number of nitrogens with one attached hydrogen (secondary N) is 1. The van der Waals surface area contributed by atoms with E-state index in [0.717, 1.165) is 9.21 Å². The minimum absolute atomic E-state index is 0.201. The van der Waals surface area contributed by atoms with Gasteiger partial charge < -0.3 is 10.4 Å². The average molecular weight is 262 g/mol. The van der Waals surface area contributed by atoms with Crippen molar-refractivity contribution in [3.05, 3.63) is 21.3 Å². The van der Waals surface area contributed by atoms with E-state index in [2.05, 4.69) is 33.0 Å². The summed E-state index contributed by atoms with van der Waals surface area (Å²) in [6.45, 7) is 9.24. The molecule has 1 aromatic heterocycles. The Hall–Kier alpha value is -0.0900. The van der Waals surface area contributed by atoms with Crippen LogP contribution in [0.25, 0.3) is 0 Å². The number of hydrogen-bond donors (Lipinski definition) is 2. The second kappa shape index (κ2) is 5.50. The summed E-state index contributed by atoms with van der Waals surface area (Å²) in [5.74, 6) is 0. The number of aliphatic hydroxyl groups is 1. The van der Waals surface area contributed by atoms with Crippen LogP contribution in [-0.2, 0) is 0 Å². The van der Waals surface area contributed by atoms with E-state index in [1.165, 1.54) is 11.3 Å². The summed E-state index contributed by atoms with van der Waals surface area (Å²) in [5, 5.41) is 13.3. The molecule has 0 saturated heterocycles. The van der Waals surface area contributed by atoms with E-state index in [4.69, 9.17) is 11.6 Å². The van der Waals surface area contributed by atoms with Gasteiger partial charge in [-0.3, -0.25) is 0 Å². The molecule has 0 saturated carbocycles. The van der Waals surface area contributed by atoms with Gasteiger partial charge in [0.1, 0.15) is 6.10 Å². The van der Waals surface area contributed by atoms with Crippen LogP contribution in [0.4, 0.5) is 0 Å². The van der Waals surface area contributed by atoms with Crippen molar-refractivity contribution >= 4 is 22.9 Å². The van der Waals surface area contributed by atoms with E-state index in [0.29, 0.717) is 12.6 Å². The highest BCUT2D eigenvalue weighted by molar-refractivity contribution is 7.16. The topological polar surface area (TPSA) is 32.3 Å². The van der Waals surface area contributed by atoms with Crippen LogP contribution in [0.3, 0.4) is 0 Å². The van der Waals surface area contributed by atoms with Crippen molar-refractivity contribution in [1.29, 1.82) is 0 Å². The first kappa shape index (κ1) is 14.0. The second-order valence-corrected chi connectivity index (χ2v) is 6.90. The van der Waals surface area contributed by atoms with Gasteiger partial charge in [-0.15, -0.1) is 11.3 Å². The third-order valence-electron chi connectivity index (χ3n) is 2.84. The maximum absolute atomic E-state index is 9.94. The van der Waals surface area contributed by atoms with E-state index >= 15 is 0 Å². The molecule has 0 aliphatic rings. The summed E-state index contributed by atoms with van der Waals surface area (Å²) < 4.78 is 0.720. The third-order valence-corrected chi connectivity index (χ3v) is 4.17. The molecule has 2 unspecified atom stereocenters. The lowest BCUT2D eigenvalue weighted by Crippen LogP contribution is -2.39. The van der Waals surface area contributed by atoms with Crippen LogP contribution >= 0.6 is 22.9 Å². The third kappa shape index (κ3) is 4.06. The molecule has 0 radical (unpaired) electrons. The van der Waals surface area contributed by atoms with E-state index in [-0.39, 0.29) is 5.41 Å². The SMILES string of the molecule is CC(NCC(O)c1ccc(Cl)s1)C(C)(C)C. The van der Waals surface area contributed by atoms with E-state index in [1.807, 2.05) is 12.1 Å². The van der Waals surface area contributed by atoms with Gasteiger partial charge in [-0.25, -0.2) is 0 Å². The molecule has 2 N–H and O–H groups in total. The number of rotatable bonds is 4. The van der Waals surface area contributed by atoms with Gasteiger partial charge in [-0.1, -0.05) is 32.4 Å². The summed E-state index contributed by atoms with van der Waals surface area (Å²) in [7, 11) is 0. The van der Waals surface area contributed by atoms with Gasteiger partial charge in [0.15, 0.2) is 0 Å². The molecule has 4 heteroatoms. The van der Waals surface area contributed by atoms with Crippen LogP contribution in [0, 0.1) is 5.41 Å². The molecule has 92 valence electrons. The van der Waals surface area contributed by atoms with Crippen LogP contribution in [0.2, 0.25) is 4.34 Å². The highest BCUT2D eigenvalue weighted by Crippen LogP contribution is 2.27. The van der Waals surface area contributed by atoms with Crippen molar-refractivity contribution in [2.45, 2.75) is 39.8 Å². The fourth-order valence-electron chi connectivity index (χ4n) is 1.20. The highest BCUT2D eigenvalue weighted by atomic mass is 35.5. The fourth-order valence-corrected chi connectivity index (χ4v) is 2.25. The molecule has 0 fully saturated rings. The van der Waals surface area contributed by atoms with Gasteiger partial charge in [0.05, 0.1) is 4.34 Å². The first-order valence-corrected chi connectivity index (χ1v) is 6.67.